The molecule has 1 atom stereocenters. The van der Waals surface area contributed by atoms with Crippen molar-refractivity contribution in [3.8, 4) is 0 Å². The number of amidine groups is 1. The minimum absolute atomic E-state index is 0.294. The molecule has 0 heterocycles. The third kappa shape index (κ3) is 5.64. The van der Waals surface area contributed by atoms with Gasteiger partial charge in [-0.05, 0) is 19.9 Å². The molecule has 0 aromatic rings. The second-order valence-electron chi connectivity index (χ2n) is 3.54. The first kappa shape index (κ1) is 12.4. The van der Waals surface area contributed by atoms with Gasteiger partial charge in [-0.25, -0.2) is 0 Å². The maximum atomic E-state index is 7.16. The standard InChI is InChI=1S/C10H23N3/c1-4-6-9(3)13(5-2)8-7-10(11)12/h9H,4-8H2,1-3H3,(H3,11,12). The van der Waals surface area contributed by atoms with Crippen LogP contribution in [0.15, 0.2) is 0 Å². The van der Waals surface area contributed by atoms with E-state index in [1.165, 1.54) is 12.8 Å². The SMILES string of the molecule is CCCC(C)N(CC)CCC(=N)N. The van der Waals surface area contributed by atoms with Gasteiger partial charge in [-0.1, -0.05) is 20.3 Å². The molecular formula is C10H23N3. The lowest BCUT2D eigenvalue weighted by Crippen LogP contribution is -2.35. The molecule has 13 heavy (non-hydrogen) atoms. The molecule has 0 saturated heterocycles. The molecule has 0 bridgehead atoms. The smallest absolute Gasteiger partial charge is 0.0918 e. The third-order valence-electron chi connectivity index (χ3n) is 2.40. The normalized spacial score (nSPS) is 13.2. The Kier molecular flexibility index (Phi) is 6.59. The summed E-state index contributed by atoms with van der Waals surface area (Å²) in [5.74, 6) is 0.294. The second kappa shape index (κ2) is 6.89. The fraction of sp³-hybridized carbons (Fsp3) is 0.900. The van der Waals surface area contributed by atoms with Crippen molar-refractivity contribution in [2.24, 2.45) is 5.73 Å². The van der Waals surface area contributed by atoms with E-state index in [0.717, 1.165) is 13.1 Å². The summed E-state index contributed by atoms with van der Waals surface area (Å²) >= 11 is 0. The van der Waals surface area contributed by atoms with E-state index in [9.17, 15) is 0 Å². The number of hydrogen-bond acceptors (Lipinski definition) is 2. The van der Waals surface area contributed by atoms with E-state index in [1.54, 1.807) is 0 Å². The Morgan fingerprint density at radius 2 is 2.08 bits per heavy atom. The van der Waals surface area contributed by atoms with Crippen LogP contribution in [0.2, 0.25) is 0 Å². The zero-order valence-corrected chi connectivity index (χ0v) is 9.14. The Morgan fingerprint density at radius 3 is 2.46 bits per heavy atom. The van der Waals surface area contributed by atoms with Gasteiger partial charge in [0.15, 0.2) is 0 Å². The number of nitrogens with zero attached hydrogens (tertiary/aromatic N) is 1. The Morgan fingerprint density at radius 1 is 1.46 bits per heavy atom. The number of hydrogen-bond donors (Lipinski definition) is 2. The highest BCUT2D eigenvalue weighted by Gasteiger charge is 2.10. The Labute approximate surface area is 81.8 Å². The molecule has 0 rings (SSSR count). The van der Waals surface area contributed by atoms with Gasteiger partial charge in [0.1, 0.15) is 0 Å². The predicted octanol–water partition coefficient (Wildman–Crippen LogP) is 1.82. The molecule has 0 aromatic heterocycles. The molecule has 0 aliphatic heterocycles. The molecule has 1 unspecified atom stereocenters. The summed E-state index contributed by atoms with van der Waals surface area (Å²) in [6.07, 6.45) is 3.14. The first-order valence-corrected chi connectivity index (χ1v) is 5.18. The molecule has 0 spiro atoms. The quantitative estimate of drug-likeness (QED) is 0.469. The Balaban J connectivity index is 3.79. The highest BCUT2D eigenvalue weighted by molar-refractivity contribution is 5.76. The van der Waals surface area contributed by atoms with Crippen LogP contribution in [0.4, 0.5) is 0 Å². The van der Waals surface area contributed by atoms with Crippen molar-refractivity contribution in [1.82, 2.24) is 4.90 Å². The highest BCUT2D eigenvalue weighted by Crippen LogP contribution is 2.06. The van der Waals surface area contributed by atoms with Crippen molar-refractivity contribution in [3.05, 3.63) is 0 Å². The molecule has 0 fully saturated rings. The summed E-state index contributed by atoms with van der Waals surface area (Å²) in [4.78, 5) is 2.38. The largest absolute Gasteiger partial charge is 0.388 e. The highest BCUT2D eigenvalue weighted by atomic mass is 15.1. The van der Waals surface area contributed by atoms with Crippen LogP contribution >= 0.6 is 0 Å². The van der Waals surface area contributed by atoms with Crippen LogP contribution in [0.1, 0.15) is 40.0 Å². The van der Waals surface area contributed by atoms with E-state index in [2.05, 4.69) is 25.7 Å². The molecule has 0 radical (unpaired) electrons. The summed E-state index contributed by atoms with van der Waals surface area (Å²) in [6, 6.07) is 0.620. The molecule has 0 aliphatic rings. The molecule has 3 nitrogen and oxygen atoms in total. The van der Waals surface area contributed by atoms with Crippen molar-refractivity contribution in [1.29, 1.82) is 5.41 Å². The molecule has 78 valence electrons. The van der Waals surface area contributed by atoms with Gasteiger partial charge < -0.3 is 10.6 Å². The number of nitrogens with one attached hydrogen (secondary N) is 1. The lowest BCUT2D eigenvalue weighted by molar-refractivity contribution is 0.214. The van der Waals surface area contributed by atoms with Gasteiger partial charge in [-0.2, -0.15) is 0 Å². The van der Waals surface area contributed by atoms with Gasteiger partial charge in [0.05, 0.1) is 5.84 Å². The van der Waals surface area contributed by atoms with Crippen LogP contribution in [0, 0.1) is 5.41 Å². The minimum atomic E-state index is 0.294. The molecule has 0 amide bonds. The van der Waals surface area contributed by atoms with Crippen LogP contribution in [-0.4, -0.2) is 29.9 Å². The summed E-state index contributed by atoms with van der Waals surface area (Å²) in [6.45, 7) is 8.58. The second-order valence-corrected chi connectivity index (χ2v) is 3.54. The van der Waals surface area contributed by atoms with Crippen molar-refractivity contribution >= 4 is 5.84 Å². The third-order valence-corrected chi connectivity index (χ3v) is 2.40. The van der Waals surface area contributed by atoms with Crippen molar-refractivity contribution in [2.45, 2.75) is 46.1 Å². The van der Waals surface area contributed by atoms with Gasteiger partial charge in [-0.3, -0.25) is 5.41 Å². The molecule has 0 aromatic carbocycles. The molecule has 3 N–H and O–H groups in total. The number of nitrogens with two attached hydrogens (primary N) is 1. The van der Waals surface area contributed by atoms with E-state index in [0.29, 0.717) is 18.3 Å². The summed E-state index contributed by atoms with van der Waals surface area (Å²) in [7, 11) is 0. The van der Waals surface area contributed by atoms with E-state index < -0.39 is 0 Å². The molecular weight excluding hydrogens is 162 g/mol. The van der Waals surface area contributed by atoms with E-state index in [-0.39, 0.29) is 0 Å². The van der Waals surface area contributed by atoms with Gasteiger partial charge in [-0.15, -0.1) is 0 Å². The average molecular weight is 185 g/mol. The Bertz CT molecular complexity index is 145. The number of rotatable bonds is 7. The van der Waals surface area contributed by atoms with Gasteiger partial charge in [0.25, 0.3) is 0 Å². The van der Waals surface area contributed by atoms with E-state index in [1.807, 2.05) is 0 Å². The maximum absolute atomic E-state index is 7.16. The fourth-order valence-electron chi connectivity index (χ4n) is 1.55. The zero-order chi connectivity index (χ0) is 10.3. The lowest BCUT2D eigenvalue weighted by Gasteiger charge is -2.27. The van der Waals surface area contributed by atoms with Gasteiger partial charge in [0, 0.05) is 19.0 Å². The summed E-state index contributed by atoms with van der Waals surface area (Å²) in [5.41, 5.74) is 5.33. The van der Waals surface area contributed by atoms with Gasteiger partial charge in [0.2, 0.25) is 0 Å². The van der Waals surface area contributed by atoms with Crippen LogP contribution in [0.25, 0.3) is 0 Å². The predicted molar refractivity (Wildman–Crippen MR) is 58.1 cm³/mol. The lowest BCUT2D eigenvalue weighted by atomic mass is 10.1. The van der Waals surface area contributed by atoms with Crippen molar-refractivity contribution in [3.63, 3.8) is 0 Å². The summed E-state index contributed by atoms with van der Waals surface area (Å²) < 4.78 is 0. The molecule has 0 aliphatic carbocycles. The fourth-order valence-corrected chi connectivity index (χ4v) is 1.55. The average Bonchev–Trinajstić information content (AvgIpc) is 2.05. The molecule has 0 saturated carbocycles. The topological polar surface area (TPSA) is 53.1 Å². The van der Waals surface area contributed by atoms with Gasteiger partial charge >= 0.3 is 0 Å². The van der Waals surface area contributed by atoms with Crippen LogP contribution in [-0.2, 0) is 0 Å². The van der Waals surface area contributed by atoms with Crippen LogP contribution < -0.4 is 5.73 Å². The monoisotopic (exact) mass is 185 g/mol. The summed E-state index contributed by atoms with van der Waals surface area (Å²) in [5, 5.41) is 7.16. The van der Waals surface area contributed by atoms with Crippen molar-refractivity contribution < 1.29 is 0 Å². The van der Waals surface area contributed by atoms with Crippen LogP contribution in [0.3, 0.4) is 0 Å². The Hall–Kier alpha value is -0.570. The molecule has 3 heteroatoms. The zero-order valence-electron chi connectivity index (χ0n) is 9.14. The van der Waals surface area contributed by atoms with Crippen molar-refractivity contribution in [2.75, 3.05) is 13.1 Å². The van der Waals surface area contributed by atoms with Crippen LogP contribution in [0.5, 0.6) is 0 Å². The van der Waals surface area contributed by atoms with E-state index >= 15 is 0 Å². The first-order chi connectivity index (χ1) is 6.11. The first-order valence-electron chi connectivity index (χ1n) is 5.18. The maximum Gasteiger partial charge on any atom is 0.0918 e. The van der Waals surface area contributed by atoms with E-state index in [4.69, 9.17) is 11.1 Å². The minimum Gasteiger partial charge on any atom is -0.388 e.